The summed E-state index contributed by atoms with van der Waals surface area (Å²) in [4.78, 5) is 21.3. The van der Waals surface area contributed by atoms with Crippen LogP contribution >= 0.6 is 23.4 Å². The van der Waals surface area contributed by atoms with Crippen LogP contribution in [0.4, 0.5) is 11.4 Å². The third-order valence-corrected chi connectivity index (χ3v) is 5.49. The normalized spacial score (nSPS) is 15.1. The number of benzene rings is 1. The van der Waals surface area contributed by atoms with Crippen LogP contribution in [0.1, 0.15) is 5.69 Å². The van der Waals surface area contributed by atoms with E-state index in [1.165, 1.54) is 0 Å². The van der Waals surface area contributed by atoms with Gasteiger partial charge < -0.3 is 15.1 Å². The molecule has 0 saturated carbocycles. The largest absolute Gasteiger partial charge is 0.367 e. The lowest BCUT2D eigenvalue weighted by Gasteiger charge is -2.35. The molecule has 1 saturated heterocycles. The third-order valence-electron chi connectivity index (χ3n) is 4.29. The SMILES string of the molecule is CN1CCN(c2ccc(Cl)cc2NC(=O)CSCc2ccccn2)CC1. The summed E-state index contributed by atoms with van der Waals surface area (Å²) in [7, 11) is 2.13. The number of likely N-dealkylation sites (N-methyl/N-ethyl adjacent to an activating group) is 1. The Morgan fingerprint density at radius 1 is 1.23 bits per heavy atom. The number of hydrogen-bond donors (Lipinski definition) is 1. The molecule has 2 aromatic rings. The molecular weight excluding hydrogens is 368 g/mol. The summed E-state index contributed by atoms with van der Waals surface area (Å²) >= 11 is 7.71. The number of halogens is 1. The minimum absolute atomic E-state index is 0.0245. The number of nitrogens with one attached hydrogen (secondary N) is 1. The number of amides is 1. The monoisotopic (exact) mass is 390 g/mol. The molecular formula is C19H23ClN4OS. The molecule has 7 heteroatoms. The second-order valence-corrected chi connectivity index (χ2v) is 7.74. The Morgan fingerprint density at radius 3 is 2.77 bits per heavy atom. The first-order valence-electron chi connectivity index (χ1n) is 8.62. The van der Waals surface area contributed by atoms with E-state index in [0.29, 0.717) is 10.8 Å². The van der Waals surface area contributed by atoms with Crippen molar-refractivity contribution in [1.29, 1.82) is 0 Å². The molecule has 138 valence electrons. The van der Waals surface area contributed by atoms with Gasteiger partial charge in [0.1, 0.15) is 0 Å². The predicted octanol–water partition coefficient (Wildman–Crippen LogP) is 3.36. The number of anilines is 2. The van der Waals surface area contributed by atoms with Gasteiger partial charge in [0.25, 0.3) is 0 Å². The highest BCUT2D eigenvalue weighted by Crippen LogP contribution is 2.30. The summed E-state index contributed by atoms with van der Waals surface area (Å²) in [5, 5.41) is 3.65. The highest BCUT2D eigenvalue weighted by Gasteiger charge is 2.18. The molecule has 0 aliphatic carbocycles. The van der Waals surface area contributed by atoms with E-state index in [1.54, 1.807) is 18.0 Å². The summed E-state index contributed by atoms with van der Waals surface area (Å²) < 4.78 is 0. The van der Waals surface area contributed by atoms with Gasteiger partial charge in [0.2, 0.25) is 5.91 Å². The van der Waals surface area contributed by atoms with Crippen molar-refractivity contribution >= 4 is 40.6 Å². The lowest BCUT2D eigenvalue weighted by atomic mass is 10.2. The van der Waals surface area contributed by atoms with Gasteiger partial charge in [-0.2, -0.15) is 0 Å². The Morgan fingerprint density at radius 2 is 2.04 bits per heavy atom. The lowest BCUT2D eigenvalue weighted by Crippen LogP contribution is -2.44. The van der Waals surface area contributed by atoms with Crippen molar-refractivity contribution < 1.29 is 4.79 Å². The van der Waals surface area contributed by atoms with E-state index in [2.05, 4.69) is 27.1 Å². The van der Waals surface area contributed by atoms with Crippen molar-refractivity contribution in [2.45, 2.75) is 5.75 Å². The summed E-state index contributed by atoms with van der Waals surface area (Å²) in [6.07, 6.45) is 1.77. The van der Waals surface area contributed by atoms with E-state index >= 15 is 0 Å². The van der Waals surface area contributed by atoms with Crippen molar-refractivity contribution in [3.8, 4) is 0 Å². The van der Waals surface area contributed by atoms with E-state index in [1.807, 2.05) is 36.4 Å². The molecule has 26 heavy (non-hydrogen) atoms. The van der Waals surface area contributed by atoms with Gasteiger partial charge in [-0.3, -0.25) is 9.78 Å². The van der Waals surface area contributed by atoms with Crippen LogP contribution in [0.5, 0.6) is 0 Å². The Kier molecular flexibility index (Phi) is 6.77. The first-order valence-corrected chi connectivity index (χ1v) is 10.2. The first kappa shape index (κ1) is 19.0. The molecule has 1 aliphatic heterocycles. The molecule has 3 rings (SSSR count). The summed E-state index contributed by atoms with van der Waals surface area (Å²) in [5.41, 5.74) is 2.79. The van der Waals surface area contributed by atoms with Crippen LogP contribution in [-0.4, -0.2) is 54.8 Å². The van der Waals surface area contributed by atoms with Gasteiger partial charge in [-0.25, -0.2) is 0 Å². The molecule has 0 unspecified atom stereocenters. The number of nitrogens with zero attached hydrogens (tertiary/aromatic N) is 3. The standard InChI is InChI=1S/C19H23ClN4OS/c1-23-8-10-24(11-9-23)18-6-5-15(20)12-17(18)22-19(25)14-26-13-16-4-2-3-7-21-16/h2-7,12H,8-11,13-14H2,1H3,(H,22,25). The number of carbonyl (C=O) groups is 1. The van der Waals surface area contributed by atoms with Crippen molar-refractivity contribution in [3.05, 3.63) is 53.3 Å². The zero-order chi connectivity index (χ0) is 18.4. The smallest absolute Gasteiger partial charge is 0.234 e. The Labute approximate surface area is 163 Å². The molecule has 1 aromatic carbocycles. The number of carbonyl (C=O) groups excluding carboxylic acids is 1. The van der Waals surface area contributed by atoms with E-state index in [9.17, 15) is 4.79 Å². The molecule has 0 radical (unpaired) electrons. The van der Waals surface area contributed by atoms with Crippen molar-refractivity contribution in [3.63, 3.8) is 0 Å². The minimum atomic E-state index is -0.0245. The van der Waals surface area contributed by atoms with E-state index in [-0.39, 0.29) is 5.91 Å². The minimum Gasteiger partial charge on any atom is -0.367 e. The van der Waals surface area contributed by atoms with Gasteiger partial charge in [0, 0.05) is 43.2 Å². The van der Waals surface area contributed by atoms with Gasteiger partial charge >= 0.3 is 0 Å². The van der Waals surface area contributed by atoms with Crippen LogP contribution in [-0.2, 0) is 10.5 Å². The topological polar surface area (TPSA) is 48.5 Å². The van der Waals surface area contributed by atoms with Crippen LogP contribution in [0.15, 0.2) is 42.6 Å². The van der Waals surface area contributed by atoms with Gasteiger partial charge in [0.05, 0.1) is 22.8 Å². The van der Waals surface area contributed by atoms with Gasteiger partial charge in [-0.05, 0) is 37.4 Å². The maximum Gasteiger partial charge on any atom is 0.234 e. The van der Waals surface area contributed by atoms with Crippen LogP contribution in [0.2, 0.25) is 5.02 Å². The van der Waals surface area contributed by atoms with Crippen LogP contribution in [0, 0.1) is 0 Å². The number of thioether (sulfide) groups is 1. The fourth-order valence-electron chi connectivity index (χ4n) is 2.85. The molecule has 1 fully saturated rings. The van der Waals surface area contributed by atoms with Crippen LogP contribution in [0.25, 0.3) is 0 Å². The quantitative estimate of drug-likeness (QED) is 0.819. The summed E-state index contributed by atoms with van der Waals surface area (Å²) in [6.45, 7) is 3.90. The number of aromatic nitrogens is 1. The van der Waals surface area contributed by atoms with Crippen molar-refractivity contribution in [2.75, 3.05) is 49.2 Å². The van der Waals surface area contributed by atoms with Crippen LogP contribution in [0.3, 0.4) is 0 Å². The average molecular weight is 391 g/mol. The first-order chi connectivity index (χ1) is 12.6. The second kappa shape index (κ2) is 9.26. The number of hydrogen-bond acceptors (Lipinski definition) is 5. The Balaban J connectivity index is 1.59. The molecule has 1 N–H and O–H groups in total. The Hall–Kier alpha value is -1.76. The second-order valence-electron chi connectivity index (χ2n) is 6.31. The van der Waals surface area contributed by atoms with Gasteiger partial charge in [-0.15, -0.1) is 11.8 Å². The molecule has 1 amide bonds. The Bertz CT molecular complexity index is 736. The fourth-order valence-corrected chi connectivity index (χ4v) is 3.76. The highest BCUT2D eigenvalue weighted by atomic mass is 35.5. The lowest BCUT2D eigenvalue weighted by molar-refractivity contribution is -0.113. The zero-order valence-corrected chi connectivity index (χ0v) is 16.4. The van der Waals surface area contributed by atoms with E-state index in [0.717, 1.165) is 49.0 Å². The molecule has 0 atom stereocenters. The number of rotatable bonds is 6. The predicted molar refractivity (Wildman–Crippen MR) is 110 cm³/mol. The average Bonchev–Trinajstić information content (AvgIpc) is 2.64. The maximum absolute atomic E-state index is 12.4. The molecule has 1 aromatic heterocycles. The van der Waals surface area contributed by atoms with Gasteiger partial charge in [0.15, 0.2) is 0 Å². The summed E-state index contributed by atoms with van der Waals surface area (Å²) in [6, 6.07) is 11.5. The maximum atomic E-state index is 12.4. The highest BCUT2D eigenvalue weighted by molar-refractivity contribution is 7.99. The third kappa shape index (κ3) is 5.37. The van der Waals surface area contributed by atoms with Crippen LogP contribution < -0.4 is 10.2 Å². The summed E-state index contributed by atoms with van der Waals surface area (Å²) in [5.74, 6) is 1.07. The molecule has 0 spiro atoms. The molecule has 1 aliphatic rings. The van der Waals surface area contributed by atoms with Gasteiger partial charge in [-0.1, -0.05) is 17.7 Å². The number of pyridine rings is 1. The van der Waals surface area contributed by atoms with Crippen molar-refractivity contribution in [1.82, 2.24) is 9.88 Å². The van der Waals surface area contributed by atoms with E-state index < -0.39 is 0 Å². The zero-order valence-electron chi connectivity index (χ0n) is 14.8. The molecule has 2 heterocycles. The van der Waals surface area contributed by atoms with E-state index in [4.69, 9.17) is 11.6 Å². The number of piperazine rings is 1. The van der Waals surface area contributed by atoms with Crippen molar-refractivity contribution in [2.24, 2.45) is 0 Å². The molecule has 0 bridgehead atoms. The fraction of sp³-hybridized carbons (Fsp3) is 0.368. The molecule has 5 nitrogen and oxygen atoms in total.